The van der Waals surface area contributed by atoms with Crippen LogP contribution in [0.15, 0.2) is 0 Å². The summed E-state index contributed by atoms with van der Waals surface area (Å²) in [6, 6.07) is 0.901. The molecule has 0 amide bonds. The third kappa shape index (κ3) is 1.72. The molecule has 0 radical (unpaired) electrons. The standard InChI is InChI=1S/C13H23NO/c1-2-15-7-3-6-14-13-11-9-4-5-10(8-9)12(11)13/h9-14H,2-8H2,1H3. The predicted molar refractivity (Wildman–Crippen MR) is 60.7 cm³/mol. The van der Waals surface area contributed by atoms with E-state index >= 15 is 0 Å². The van der Waals surface area contributed by atoms with E-state index in [1.165, 1.54) is 19.3 Å². The molecule has 0 aromatic heterocycles. The van der Waals surface area contributed by atoms with E-state index in [1.54, 1.807) is 6.42 Å². The molecule has 4 atom stereocenters. The second-order valence-corrected chi connectivity index (χ2v) is 5.52. The van der Waals surface area contributed by atoms with Crippen molar-refractivity contribution in [2.75, 3.05) is 19.8 Å². The normalized spacial score (nSPS) is 45.8. The van der Waals surface area contributed by atoms with Crippen LogP contribution in [0, 0.1) is 23.7 Å². The first kappa shape index (κ1) is 10.1. The monoisotopic (exact) mass is 209 g/mol. The first-order valence-electron chi connectivity index (χ1n) is 6.73. The molecule has 1 N–H and O–H groups in total. The summed E-state index contributed by atoms with van der Waals surface area (Å²) < 4.78 is 5.34. The highest BCUT2D eigenvalue weighted by molar-refractivity contribution is 5.16. The summed E-state index contributed by atoms with van der Waals surface area (Å²) in [6.07, 6.45) is 5.80. The summed E-state index contributed by atoms with van der Waals surface area (Å²) in [5.41, 5.74) is 0. The Morgan fingerprint density at radius 2 is 1.93 bits per heavy atom. The molecule has 2 nitrogen and oxygen atoms in total. The van der Waals surface area contributed by atoms with Crippen molar-refractivity contribution in [2.24, 2.45) is 23.7 Å². The zero-order valence-electron chi connectivity index (χ0n) is 9.74. The molecule has 0 saturated heterocycles. The zero-order valence-corrected chi connectivity index (χ0v) is 9.74. The van der Waals surface area contributed by atoms with Crippen LogP contribution in [0.1, 0.15) is 32.6 Å². The molecular formula is C13H23NO. The molecule has 3 fully saturated rings. The van der Waals surface area contributed by atoms with Crippen LogP contribution < -0.4 is 5.32 Å². The highest BCUT2D eigenvalue weighted by Crippen LogP contribution is 2.65. The van der Waals surface area contributed by atoms with Crippen molar-refractivity contribution < 1.29 is 4.74 Å². The average Bonchev–Trinajstić information content (AvgIpc) is 2.67. The molecule has 86 valence electrons. The SMILES string of the molecule is CCOCCCNC1C2C3CCC(C3)C12. The van der Waals surface area contributed by atoms with Crippen LogP contribution in [-0.2, 0) is 4.74 Å². The lowest BCUT2D eigenvalue weighted by atomic mass is 10.0. The number of hydrogen-bond acceptors (Lipinski definition) is 2. The van der Waals surface area contributed by atoms with Gasteiger partial charge in [0, 0.05) is 19.3 Å². The Kier molecular flexibility index (Phi) is 2.73. The maximum Gasteiger partial charge on any atom is 0.0477 e. The maximum atomic E-state index is 5.34. The van der Waals surface area contributed by atoms with Gasteiger partial charge in [0.05, 0.1) is 0 Å². The van der Waals surface area contributed by atoms with Gasteiger partial charge in [-0.2, -0.15) is 0 Å². The van der Waals surface area contributed by atoms with Crippen molar-refractivity contribution in [3.05, 3.63) is 0 Å². The third-order valence-corrected chi connectivity index (χ3v) is 4.78. The van der Waals surface area contributed by atoms with Crippen molar-refractivity contribution >= 4 is 0 Å². The van der Waals surface area contributed by atoms with E-state index in [4.69, 9.17) is 4.74 Å². The molecule has 0 aromatic rings. The summed E-state index contributed by atoms with van der Waals surface area (Å²) >= 11 is 0. The lowest BCUT2D eigenvalue weighted by Crippen LogP contribution is -2.24. The van der Waals surface area contributed by atoms with E-state index in [0.717, 1.165) is 49.5 Å². The zero-order chi connectivity index (χ0) is 10.3. The largest absolute Gasteiger partial charge is 0.382 e. The number of ether oxygens (including phenoxy) is 1. The van der Waals surface area contributed by atoms with Gasteiger partial charge in [0.1, 0.15) is 0 Å². The number of fused-ring (bicyclic) bond motifs is 5. The fourth-order valence-corrected chi connectivity index (χ4v) is 4.19. The van der Waals surface area contributed by atoms with Crippen molar-refractivity contribution in [3.8, 4) is 0 Å². The lowest BCUT2D eigenvalue weighted by Gasteiger charge is -2.10. The van der Waals surface area contributed by atoms with Crippen LogP contribution in [0.2, 0.25) is 0 Å². The Hall–Kier alpha value is -0.0800. The van der Waals surface area contributed by atoms with E-state index in [2.05, 4.69) is 12.2 Å². The van der Waals surface area contributed by atoms with E-state index in [9.17, 15) is 0 Å². The van der Waals surface area contributed by atoms with Gasteiger partial charge in [-0.1, -0.05) is 0 Å². The summed E-state index contributed by atoms with van der Waals surface area (Å²) in [6.45, 7) is 5.02. The Bertz CT molecular complexity index is 215. The molecule has 3 aliphatic carbocycles. The third-order valence-electron chi connectivity index (χ3n) is 4.78. The van der Waals surface area contributed by atoms with Gasteiger partial charge in [-0.05, 0) is 62.8 Å². The second kappa shape index (κ2) is 4.06. The highest BCUT2D eigenvalue weighted by Gasteiger charge is 2.64. The molecule has 4 unspecified atom stereocenters. The molecule has 0 aromatic carbocycles. The van der Waals surface area contributed by atoms with Gasteiger partial charge in [-0.3, -0.25) is 0 Å². The number of hydrogen-bond donors (Lipinski definition) is 1. The molecule has 3 rings (SSSR count). The number of nitrogens with one attached hydrogen (secondary N) is 1. The van der Waals surface area contributed by atoms with Crippen molar-refractivity contribution in [1.82, 2.24) is 5.32 Å². The van der Waals surface area contributed by atoms with Crippen LogP contribution in [0.25, 0.3) is 0 Å². The van der Waals surface area contributed by atoms with E-state index in [-0.39, 0.29) is 0 Å². The lowest BCUT2D eigenvalue weighted by molar-refractivity contribution is 0.144. The van der Waals surface area contributed by atoms with Gasteiger partial charge in [0.2, 0.25) is 0 Å². The van der Waals surface area contributed by atoms with Crippen LogP contribution in [0.4, 0.5) is 0 Å². The highest BCUT2D eigenvalue weighted by atomic mass is 16.5. The van der Waals surface area contributed by atoms with Gasteiger partial charge >= 0.3 is 0 Å². The molecule has 15 heavy (non-hydrogen) atoms. The molecule has 0 aliphatic heterocycles. The summed E-state index contributed by atoms with van der Waals surface area (Å²) in [4.78, 5) is 0. The van der Waals surface area contributed by atoms with Crippen LogP contribution in [-0.4, -0.2) is 25.8 Å². The Morgan fingerprint density at radius 1 is 1.20 bits per heavy atom. The van der Waals surface area contributed by atoms with E-state index < -0.39 is 0 Å². The van der Waals surface area contributed by atoms with Crippen molar-refractivity contribution in [3.63, 3.8) is 0 Å². The van der Waals surface area contributed by atoms with Gasteiger partial charge in [0.15, 0.2) is 0 Å². The van der Waals surface area contributed by atoms with Gasteiger partial charge in [-0.15, -0.1) is 0 Å². The minimum atomic E-state index is 0.860. The topological polar surface area (TPSA) is 21.3 Å². The average molecular weight is 209 g/mol. The van der Waals surface area contributed by atoms with Gasteiger partial charge in [0.25, 0.3) is 0 Å². The molecule has 3 saturated carbocycles. The fraction of sp³-hybridized carbons (Fsp3) is 1.00. The maximum absolute atomic E-state index is 5.34. The van der Waals surface area contributed by atoms with E-state index in [0.29, 0.717) is 0 Å². The first-order valence-corrected chi connectivity index (χ1v) is 6.73. The van der Waals surface area contributed by atoms with Crippen LogP contribution >= 0.6 is 0 Å². The second-order valence-electron chi connectivity index (χ2n) is 5.52. The first-order chi connectivity index (χ1) is 7.42. The molecular weight excluding hydrogens is 186 g/mol. The van der Waals surface area contributed by atoms with Gasteiger partial charge < -0.3 is 10.1 Å². The molecule has 3 aliphatic rings. The summed E-state index contributed by atoms with van der Waals surface area (Å²) in [7, 11) is 0. The smallest absolute Gasteiger partial charge is 0.0477 e. The molecule has 2 bridgehead atoms. The Labute approximate surface area is 92.8 Å². The summed E-state index contributed by atoms with van der Waals surface area (Å²) in [5.74, 6) is 4.36. The minimum absolute atomic E-state index is 0.860. The molecule has 0 heterocycles. The van der Waals surface area contributed by atoms with Crippen molar-refractivity contribution in [2.45, 2.75) is 38.6 Å². The fourth-order valence-electron chi connectivity index (χ4n) is 4.19. The molecule has 2 heteroatoms. The predicted octanol–water partition coefficient (Wildman–Crippen LogP) is 2.05. The quantitative estimate of drug-likeness (QED) is 0.676. The van der Waals surface area contributed by atoms with Crippen LogP contribution in [0.5, 0.6) is 0 Å². The molecule has 0 spiro atoms. The minimum Gasteiger partial charge on any atom is -0.382 e. The van der Waals surface area contributed by atoms with Crippen molar-refractivity contribution in [1.29, 1.82) is 0 Å². The van der Waals surface area contributed by atoms with E-state index in [1.807, 2.05) is 0 Å². The Balaban J connectivity index is 1.34. The number of rotatable bonds is 6. The summed E-state index contributed by atoms with van der Waals surface area (Å²) in [5, 5.41) is 3.74. The Morgan fingerprint density at radius 3 is 2.60 bits per heavy atom. The van der Waals surface area contributed by atoms with Gasteiger partial charge in [-0.25, -0.2) is 0 Å². The van der Waals surface area contributed by atoms with Crippen LogP contribution in [0.3, 0.4) is 0 Å².